The third-order valence-electron chi connectivity index (χ3n) is 4.70. The average Bonchev–Trinajstić information content (AvgIpc) is 2.71. The van der Waals surface area contributed by atoms with Crippen LogP contribution in [0.15, 0.2) is 48.7 Å². The second kappa shape index (κ2) is 8.86. The molecule has 1 unspecified atom stereocenters. The zero-order chi connectivity index (χ0) is 20.8. The van der Waals surface area contributed by atoms with Crippen LogP contribution in [0.1, 0.15) is 41.5 Å². The first-order valence-electron chi connectivity index (χ1n) is 9.35. The molecule has 144 valence electrons. The van der Waals surface area contributed by atoms with Gasteiger partial charge in [-0.2, -0.15) is 15.5 Å². The molecular weight excluding hydrogens is 360 g/mol. The van der Waals surface area contributed by atoms with Gasteiger partial charge < -0.3 is 10.6 Å². The minimum atomic E-state index is 0.203. The van der Waals surface area contributed by atoms with Crippen molar-refractivity contribution in [1.29, 1.82) is 10.5 Å². The van der Waals surface area contributed by atoms with E-state index in [1.807, 2.05) is 18.2 Å². The van der Waals surface area contributed by atoms with Gasteiger partial charge in [0.1, 0.15) is 5.82 Å². The number of rotatable bonds is 6. The summed E-state index contributed by atoms with van der Waals surface area (Å²) in [4.78, 5) is 8.80. The molecule has 0 bridgehead atoms. The molecule has 0 saturated heterocycles. The van der Waals surface area contributed by atoms with Gasteiger partial charge in [0.2, 0.25) is 5.95 Å². The number of aryl methyl sites for hydroxylation is 2. The number of hydrogen-bond acceptors (Lipinski definition) is 6. The first kappa shape index (κ1) is 19.9. The highest BCUT2D eigenvalue weighted by atomic mass is 15.1. The van der Waals surface area contributed by atoms with E-state index in [0.29, 0.717) is 23.8 Å². The van der Waals surface area contributed by atoms with Crippen LogP contribution < -0.4 is 10.6 Å². The number of nitriles is 2. The number of nitrogens with one attached hydrogen (secondary N) is 2. The van der Waals surface area contributed by atoms with Gasteiger partial charge in [-0.1, -0.05) is 19.1 Å². The third-order valence-corrected chi connectivity index (χ3v) is 4.70. The maximum atomic E-state index is 8.95. The first-order valence-corrected chi connectivity index (χ1v) is 9.35. The SMILES string of the molecule is Cc1cc(C(C)CC#N)cc(C)c1Nc1ccnc(Nc2ccc(C#N)cc2)n1. The second-order valence-corrected chi connectivity index (χ2v) is 7.00. The summed E-state index contributed by atoms with van der Waals surface area (Å²) < 4.78 is 0. The molecule has 1 heterocycles. The molecule has 29 heavy (non-hydrogen) atoms. The van der Waals surface area contributed by atoms with Crippen LogP contribution in [0, 0.1) is 36.5 Å². The molecule has 6 heteroatoms. The maximum absolute atomic E-state index is 8.95. The molecule has 0 aliphatic carbocycles. The highest BCUT2D eigenvalue weighted by Crippen LogP contribution is 2.29. The summed E-state index contributed by atoms with van der Waals surface area (Å²) in [5, 5.41) is 24.4. The maximum Gasteiger partial charge on any atom is 0.229 e. The molecule has 0 aliphatic rings. The van der Waals surface area contributed by atoms with E-state index in [0.717, 1.165) is 28.1 Å². The van der Waals surface area contributed by atoms with Crippen molar-refractivity contribution in [2.75, 3.05) is 10.6 Å². The summed E-state index contributed by atoms with van der Waals surface area (Å²) in [6.45, 7) is 6.17. The molecule has 3 aromatic rings. The number of anilines is 4. The van der Waals surface area contributed by atoms with Crippen molar-refractivity contribution in [3.05, 3.63) is 70.9 Å². The summed E-state index contributed by atoms with van der Waals surface area (Å²) in [7, 11) is 0. The fourth-order valence-corrected chi connectivity index (χ4v) is 3.11. The highest BCUT2D eigenvalue weighted by Gasteiger charge is 2.11. The van der Waals surface area contributed by atoms with Crippen LogP contribution in [0.4, 0.5) is 23.1 Å². The molecule has 2 aromatic carbocycles. The summed E-state index contributed by atoms with van der Waals surface area (Å²) >= 11 is 0. The fourth-order valence-electron chi connectivity index (χ4n) is 3.11. The summed E-state index contributed by atoms with van der Waals surface area (Å²) in [5.41, 5.74) is 5.78. The smallest absolute Gasteiger partial charge is 0.229 e. The van der Waals surface area contributed by atoms with Crippen molar-refractivity contribution >= 4 is 23.1 Å². The Morgan fingerprint density at radius 1 is 1.00 bits per heavy atom. The van der Waals surface area contributed by atoms with E-state index in [1.165, 1.54) is 0 Å². The molecule has 0 spiro atoms. The molecule has 1 atom stereocenters. The molecule has 2 N–H and O–H groups in total. The molecule has 0 aliphatic heterocycles. The molecule has 0 radical (unpaired) electrons. The quantitative estimate of drug-likeness (QED) is 0.587. The Kier molecular flexibility index (Phi) is 6.06. The van der Waals surface area contributed by atoms with Gasteiger partial charge in [0.05, 0.1) is 17.7 Å². The Hall–Kier alpha value is -3.90. The van der Waals surface area contributed by atoms with Gasteiger partial charge >= 0.3 is 0 Å². The lowest BCUT2D eigenvalue weighted by molar-refractivity contribution is 0.787. The number of hydrogen-bond donors (Lipinski definition) is 2. The standard InChI is InChI=1S/C23H22N6/c1-15(8-10-24)19-12-16(2)22(17(3)13-19)28-21-9-11-26-23(29-21)27-20-6-4-18(14-25)5-7-20/h4-7,9,11-13,15H,8H2,1-3H3,(H2,26,27,28,29). The monoisotopic (exact) mass is 382 g/mol. The molecule has 6 nitrogen and oxygen atoms in total. The van der Waals surface area contributed by atoms with Gasteiger partial charge in [-0.05, 0) is 66.8 Å². The van der Waals surface area contributed by atoms with E-state index in [9.17, 15) is 0 Å². The van der Waals surface area contributed by atoms with Crippen LogP contribution in [-0.4, -0.2) is 9.97 Å². The zero-order valence-corrected chi connectivity index (χ0v) is 16.7. The Labute approximate surface area is 170 Å². The zero-order valence-electron chi connectivity index (χ0n) is 16.7. The Bertz CT molecular complexity index is 1070. The van der Waals surface area contributed by atoms with Crippen molar-refractivity contribution in [3.8, 4) is 12.1 Å². The van der Waals surface area contributed by atoms with E-state index in [1.54, 1.807) is 18.3 Å². The number of benzene rings is 2. The Morgan fingerprint density at radius 3 is 2.31 bits per heavy atom. The Morgan fingerprint density at radius 2 is 1.69 bits per heavy atom. The van der Waals surface area contributed by atoms with Crippen LogP contribution in [0.3, 0.4) is 0 Å². The average molecular weight is 382 g/mol. The van der Waals surface area contributed by atoms with E-state index < -0.39 is 0 Å². The third kappa shape index (κ3) is 4.88. The number of nitrogens with zero attached hydrogens (tertiary/aromatic N) is 4. The lowest BCUT2D eigenvalue weighted by Crippen LogP contribution is -2.03. The lowest BCUT2D eigenvalue weighted by Gasteiger charge is -2.17. The fraction of sp³-hybridized carbons (Fsp3) is 0.217. The van der Waals surface area contributed by atoms with E-state index >= 15 is 0 Å². The van der Waals surface area contributed by atoms with Crippen molar-refractivity contribution in [2.24, 2.45) is 0 Å². The van der Waals surface area contributed by atoms with Crippen LogP contribution in [-0.2, 0) is 0 Å². The van der Waals surface area contributed by atoms with E-state index in [4.69, 9.17) is 10.5 Å². The lowest BCUT2D eigenvalue weighted by atomic mass is 9.94. The van der Waals surface area contributed by atoms with Gasteiger partial charge in [0, 0.05) is 24.0 Å². The minimum Gasteiger partial charge on any atom is -0.340 e. The van der Waals surface area contributed by atoms with Crippen LogP contribution in [0.2, 0.25) is 0 Å². The summed E-state index contributed by atoms with van der Waals surface area (Å²) in [6, 6.07) is 17.5. The van der Waals surface area contributed by atoms with Crippen LogP contribution in [0.25, 0.3) is 0 Å². The molecule has 0 saturated carbocycles. The summed E-state index contributed by atoms with van der Waals surface area (Å²) in [5.74, 6) is 1.35. The highest BCUT2D eigenvalue weighted by molar-refractivity contribution is 5.66. The van der Waals surface area contributed by atoms with E-state index in [-0.39, 0.29) is 5.92 Å². The molecule has 3 rings (SSSR count). The minimum absolute atomic E-state index is 0.203. The van der Waals surface area contributed by atoms with Crippen molar-refractivity contribution < 1.29 is 0 Å². The van der Waals surface area contributed by atoms with Gasteiger partial charge in [-0.3, -0.25) is 0 Å². The van der Waals surface area contributed by atoms with Crippen molar-refractivity contribution in [1.82, 2.24) is 9.97 Å². The van der Waals surface area contributed by atoms with Crippen molar-refractivity contribution in [3.63, 3.8) is 0 Å². The van der Waals surface area contributed by atoms with Crippen LogP contribution >= 0.6 is 0 Å². The largest absolute Gasteiger partial charge is 0.340 e. The van der Waals surface area contributed by atoms with Gasteiger partial charge in [0.25, 0.3) is 0 Å². The normalized spacial score (nSPS) is 11.2. The van der Waals surface area contributed by atoms with Crippen LogP contribution in [0.5, 0.6) is 0 Å². The predicted molar refractivity (Wildman–Crippen MR) is 114 cm³/mol. The molecule has 1 aromatic heterocycles. The summed E-state index contributed by atoms with van der Waals surface area (Å²) in [6.07, 6.45) is 2.19. The molecule has 0 fully saturated rings. The Balaban J connectivity index is 1.79. The van der Waals surface area contributed by atoms with Gasteiger partial charge in [0.15, 0.2) is 0 Å². The van der Waals surface area contributed by atoms with Gasteiger partial charge in [-0.25, -0.2) is 4.98 Å². The molecule has 0 amide bonds. The predicted octanol–water partition coefficient (Wildman–Crippen LogP) is 5.47. The molecular formula is C23H22N6. The van der Waals surface area contributed by atoms with Crippen molar-refractivity contribution in [2.45, 2.75) is 33.1 Å². The first-order chi connectivity index (χ1) is 14.0. The topological polar surface area (TPSA) is 97.4 Å². The van der Waals surface area contributed by atoms with E-state index in [2.05, 4.69) is 65.6 Å². The van der Waals surface area contributed by atoms with Gasteiger partial charge in [-0.15, -0.1) is 0 Å². The second-order valence-electron chi connectivity index (χ2n) is 7.00. The number of aromatic nitrogens is 2.